The van der Waals surface area contributed by atoms with Gasteiger partial charge in [0.2, 0.25) is 5.91 Å². The molecule has 0 radical (unpaired) electrons. The number of carbonyl (C=O) groups excluding carboxylic acids is 2. The second kappa shape index (κ2) is 9.79. The van der Waals surface area contributed by atoms with E-state index in [0.29, 0.717) is 26.2 Å². The van der Waals surface area contributed by atoms with Crippen molar-refractivity contribution in [2.75, 3.05) is 5.32 Å². The number of benzene rings is 1. The SMILES string of the molecule is CC(C)OC(=O)c1c(NC(=O)/C=C/c2ccc(Cl)cc2Cl)sc2c1CCCCC2. The van der Waals surface area contributed by atoms with E-state index in [4.69, 9.17) is 27.9 Å². The number of aryl methyl sites for hydroxylation is 1. The predicted octanol–water partition coefficient (Wildman–Crippen LogP) is 6.54. The van der Waals surface area contributed by atoms with Crippen molar-refractivity contribution in [3.8, 4) is 0 Å². The number of rotatable bonds is 5. The fourth-order valence-electron chi connectivity index (χ4n) is 3.28. The molecule has 4 nitrogen and oxygen atoms in total. The van der Waals surface area contributed by atoms with Gasteiger partial charge in [-0.05, 0) is 68.9 Å². The highest BCUT2D eigenvalue weighted by Gasteiger charge is 2.27. The fraction of sp³-hybridized carbons (Fsp3) is 0.364. The standard InChI is InChI=1S/C22H23Cl2NO3S/c1-13(2)28-22(27)20-16-6-4-3-5-7-18(16)29-21(20)25-19(26)11-9-14-8-10-15(23)12-17(14)24/h8-13H,3-7H2,1-2H3,(H,25,26)/b11-9+. The number of esters is 1. The Morgan fingerprint density at radius 3 is 2.66 bits per heavy atom. The van der Waals surface area contributed by atoms with Crippen molar-refractivity contribution in [2.45, 2.75) is 52.1 Å². The van der Waals surface area contributed by atoms with Crippen LogP contribution in [0.15, 0.2) is 24.3 Å². The van der Waals surface area contributed by atoms with Gasteiger partial charge in [0.1, 0.15) is 5.00 Å². The Bertz CT molecular complexity index is 950. The number of anilines is 1. The second-order valence-electron chi connectivity index (χ2n) is 7.21. The maximum absolute atomic E-state index is 12.7. The van der Waals surface area contributed by atoms with E-state index >= 15 is 0 Å². The van der Waals surface area contributed by atoms with E-state index in [1.807, 2.05) is 13.8 Å². The van der Waals surface area contributed by atoms with Gasteiger partial charge in [-0.3, -0.25) is 4.79 Å². The van der Waals surface area contributed by atoms with Crippen LogP contribution in [0.25, 0.3) is 6.08 Å². The van der Waals surface area contributed by atoms with E-state index in [1.54, 1.807) is 24.3 Å². The van der Waals surface area contributed by atoms with Gasteiger partial charge in [0.15, 0.2) is 0 Å². The number of thiophene rings is 1. The first kappa shape index (κ1) is 21.9. The number of halogens is 2. The van der Waals surface area contributed by atoms with E-state index < -0.39 is 0 Å². The van der Waals surface area contributed by atoms with Crippen LogP contribution in [0.2, 0.25) is 10.0 Å². The molecule has 7 heteroatoms. The summed E-state index contributed by atoms with van der Waals surface area (Å²) in [6.07, 6.45) is 7.83. The Morgan fingerprint density at radius 1 is 1.17 bits per heavy atom. The van der Waals surface area contributed by atoms with Gasteiger partial charge in [0.25, 0.3) is 0 Å². The fourth-order valence-corrected chi connectivity index (χ4v) is 5.03. The van der Waals surface area contributed by atoms with E-state index in [-0.39, 0.29) is 18.0 Å². The van der Waals surface area contributed by atoms with Crippen molar-refractivity contribution in [3.63, 3.8) is 0 Å². The van der Waals surface area contributed by atoms with Crippen LogP contribution in [0.3, 0.4) is 0 Å². The average molecular weight is 452 g/mol. The van der Waals surface area contributed by atoms with Gasteiger partial charge < -0.3 is 10.1 Å². The lowest BCUT2D eigenvalue weighted by Gasteiger charge is -2.11. The lowest BCUT2D eigenvalue weighted by Crippen LogP contribution is -2.16. The molecular weight excluding hydrogens is 429 g/mol. The summed E-state index contributed by atoms with van der Waals surface area (Å²) in [5.74, 6) is -0.703. The Balaban J connectivity index is 1.84. The van der Waals surface area contributed by atoms with Crippen LogP contribution in [0.1, 0.15) is 59.5 Å². The number of hydrogen-bond acceptors (Lipinski definition) is 4. The van der Waals surface area contributed by atoms with Crippen LogP contribution in [0.4, 0.5) is 5.00 Å². The smallest absolute Gasteiger partial charge is 0.341 e. The summed E-state index contributed by atoms with van der Waals surface area (Å²) in [6, 6.07) is 5.07. The summed E-state index contributed by atoms with van der Waals surface area (Å²) < 4.78 is 5.45. The van der Waals surface area contributed by atoms with E-state index in [9.17, 15) is 9.59 Å². The molecule has 0 saturated carbocycles. The monoisotopic (exact) mass is 451 g/mol. The molecule has 3 rings (SSSR count). The van der Waals surface area contributed by atoms with Crippen molar-refractivity contribution >= 4 is 57.5 Å². The van der Waals surface area contributed by atoms with Crippen LogP contribution < -0.4 is 5.32 Å². The van der Waals surface area contributed by atoms with Gasteiger partial charge in [0, 0.05) is 21.0 Å². The zero-order valence-corrected chi connectivity index (χ0v) is 18.7. The largest absolute Gasteiger partial charge is 0.459 e. The summed E-state index contributed by atoms with van der Waals surface area (Å²) in [4.78, 5) is 26.4. The lowest BCUT2D eigenvalue weighted by molar-refractivity contribution is -0.111. The third-order valence-corrected chi connectivity index (χ3v) is 6.35. The van der Waals surface area contributed by atoms with Crippen LogP contribution >= 0.6 is 34.5 Å². The highest BCUT2D eigenvalue weighted by molar-refractivity contribution is 7.17. The first-order valence-electron chi connectivity index (χ1n) is 9.64. The molecule has 2 aromatic rings. The van der Waals surface area contributed by atoms with Crippen molar-refractivity contribution in [3.05, 3.63) is 55.9 Å². The molecule has 1 aliphatic carbocycles. The average Bonchev–Trinajstić information content (AvgIpc) is 2.81. The first-order chi connectivity index (χ1) is 13.8. The number of carbonyl (C=O) groups is 2. The quantitative estimate of drug-likeness (QED) is 0.318. The molecule has 0 bridgehead atoms. The third kappa shape index (κ3) is 5.62. The van der Waals surface area contributed by atoms with E-state index in [2.05, 4.69) is 5.32 Å². The molecule has 0 unspecified atom stereocenters. The molecule has 0 fully saturated rings. The van der Waals surface area contributed by atoms with Gasteiger partial charge in [-0.1, -0.05) is 35.7 Å². The van der Waals surface area contributed by atoms with E-state index in [0.717, 1.165) is 37.7 Å². The van der Waals surface area contributed by atoms with Crippen molar-refractivity contribution < 1.29 is 14.3 Å². The number of fused-ring (bicyclic) bond motifs is 1. The van der Waals surface area contributed by atoms with Gasteiger partial charge >= 0.3 is 5.97 Å². The Labute approximate surface area is 184 Å². The molecule has 154 valence electrons. The van der Waals surface area contributed by atoms with Crippen LogP contribution in [0, 0.1) is 0 Å². The minimum Gasteiger partial charge on any atom is -0.459 e. The summed E-state index contributed by atoms with van der Waals surface area (Å²) in [5.41, 5.74) is 2.22. The van der Waals surface area contributed by atoms with Gasteiger partial charge in [-0.25, -0.2) is 4.79 Å². The second-order valence-corrected chi connectivity index (χ2v) is 9.16. The molecule has 1 aliphatic rings. The zero-order chi connectivity index (χ0) is 21.0. The molecule has 1 aromatic heterocycles. The highest BCUT2D eigenvalue weighted by Crippen LogP contribution is 2.38. The van der Waals surface area contributed by atoms with Gasteiger partial charge in [0.05, 0.1) is 11.7 Å². The molecule has 1 heterocycles. The number of ether oxygens (including phenoxy) is 1. The molecule has 1 aromatic carbocycles. The first-order valence-corrected chi connectivity index (χ1v) is 11.2. The lowest BCUT2D eigenvalue weighted by atomic mass is 10.1. The summed E-state index contributed by atoms with van der Waals surface area (Å²) in [7, 11) is 0. The van der Waals surface area contributed by atoms with Crippen molar-refractivity contribution in [1.82, 2.24) is 0 Å². The van der Waals surface area contributed by atoms with Crippen LogP contribution in [-0.2, 0) is 22.4 Å². The number of hydrogen-bond donors (Lipinski definition) is 1. The summed E-state index contributed by atoms with van der Waals surface area (Å²) in [6.45, 7) is 3.64. The molecule has 0 atom stereocenters. The van der Waals surface area contributed by atoms with Gasteiger partial charge in [-0.2, -0.15) is 0 Å². The maximum Gasteiger partial charge on any atom is 0.341 e. The minimum atomic E-state index is -0.376. The zero-order valence-electron chi connectivity index (χ0n) is 16.4. The Hall–Kier alpha value is -1.82. The van der Waals surface area contributed by atoms with Crippen LogP contribution in [0.5, 0.6) is 0 Å². The molecule has 0 aliphatic heterocycles. The molecule has 1 amide bonds. The van der Waals surface area contributed by atoms with Crippen molar-refractivity contribution in [1.29, 1.82) is 0 Å². The predicted molar refractivity (Wildman–Crippen MR) is 120 cm³/mol. The number of nitrogens with one attached hydrogen (secondary N) is 1. The van der Waals surface area contributed by atoms with Gasteiger partial charge in [-0.15, -0.1) is 11.3 Å². The third-order valence-electron chi connectivity index (χ3n) is 4.58. The molecule has 1 N–H and O–H groups in total. The number of amides is 1. The molecule has 0 spiro atoms. The summed E-state index contributed by atoms with van der Waals surface area (Å²) in [5, 5.41) is 4.42. The molecule has 0 saturated heterocycles. The summed E-state index contributed by atoms with van der Waals surface area (Å²) >= 11 is 13.5. The minimum absolute atomic E-state index is 0.223. The normalized spacial score (nSPS) is 14.0. The Kier molecular flexibility index (Phi) is 7.38. The molecule has 29 heavy (non-hydrogen) atoms. The molecular formula is C22H23Cl2NO3S. The topological polar surface area (TPSA) is 55.4 Å². The van der Waals surface area contributed by atoms with Crippen molar-refractivity contribution in [2.24, 2.45) is 0 Å². The maximum atomic E-state index is 12.7. The van der Waals surface area contributed by atoms with E-state index in [1.165, 1.54) is 22.3 Å². The van der Waals surface area contributed by atoms with Crippen LogP contribution in [-0.4, -0.2) is 18.0 Å². The highest BCUT2D eigenvalue weighted by atomic mass is 35.5. The Morgan fingerprint density at radius 2 is 1.93 bits per heavy atom.